The molecule has 1 aromatic heterocycles. The van der Waals surface area contributed by atoms with Crippen LogP contribution >= 0.6 is 0 Å². The molecule has 1 aliphatic heterocycles. The third-order valence-corrected chi connectivity index (χ3v) is 5.38. The second-order valence-electron chi connectivity index (χ2n) is 7.49. The SMILES string of the molecule is [C-]#[N+]c1ncc(CN(C)C(=O)c2ccc(-c3cccc(F)c3)c(OCC)c2F)c2c1C=NC2. The van der Waals surface area contributed by atoms with E-state index in [9.17, 15) is 9.18 Å². The molecule has 0 saturated carbocycles. The quantitative estimate of drug-likeness (QED) is 0.490. The van der Waals surface area contributed by atoms with E-state index < -0.39 is 17.5 Å². The van der Waals surface area contributed by atoms with Gasteiger partial charge in [-0.15, -0.1) is 4.98 Å². The van der Waals surface area contributed by atoms with Gasteiger partial charge < -0.3 is 14.5 Å². The first-order valence-electron chi connectivity index (χ1n) is 10.3. The third-order valence-electron chi connectivity index (χ3n) is 5.38. The molecule has 4 rings (SSSR count). The molecular formula is C25H20F2N4O2. The van der Waals surface area contributed by atoms with E-state index in [1.54, 1.807) is 38.5 Å². The van der Waals surface area contributed by atoms with Crippen molar-refractivity contribution in [3.63, 3.8) is 0 Å². The third kappa shape index (κ3) is 4.17. The Bertz CT molecular complexity index is 1310. The van der Waals surface area contributed by atoms with Gasteiger partial charge in [-0.2, -0.15) is 0 Å². The fraction of sp³-hybridized carbons (Fsp3) is 0.200. The molecule has 0 saturated heterocycles. The summed E-state index contributed by atoms with van der Waals surface area (Å²) in [5.74, 6) is -1.62. The summed E-state index contributed by atoms with van der Waals surface area (Å²) in [5.41, 5.74) is 2.90. The number of amides is 1. The zero-order valence-corrected chi connectivity index (χ0v) is 18.1. The van der Waals surface area contributed by atoms with Crippen molar-refractivity contribution in [2.24, 2.45) is 4.99 Å². The number of carbonyl (C=O) groups excluding carboxylic acids is 1. The van der Waals surface area contributed by atoms with E-state index >= 15 is 4.39 Å². The number of aliphatic imine (C=N–C) groups is 1. The monoisotopic (exact) mass is 446 g/mol. The van der Waals surface area contributed by atoms with Crippen molar-refractivity contribution in [2.45, 2.75) is 20.0 Å². The lowest BCUT2D eigenvalue weighted by molar-refractivity contribution is 0.0779. The Balaban J connectivity index is 1.65. The van der Waals surface area contributed by atoms with Gasteiger partial charge >= 0.3 is 0 Å². The van der Waals surface area contributed by atoms with Crippen molar-refractivity contribution in [3.8, 4) is 16.9 Å². The van der Waals surface area contributed by atoms with Crippen LogP contribution < -0.4 is 4.74 Å². The molecule has 0 atom stereocenters. The van der Waals surface area contributed by atoms with Gasteiger partial charge in [-0.05, 0) is 42.3 Å². The topological polar surface area (TPSA) is 59.2 Å². The van der Waals surface area contributed by atoms with Gasteiger partial charge in [0.1, 0.15) is 12.0 Å². The molecular weight excluding hydrogens is 426 g/mol. The van der Waals surface area contributed by atoms with E-state index in [2.05, 4.69) is 14.8 Å². The minimum Gasteiger partial charge on any atom is -0.490 e. The van der Waals surface area contributed by atoms with Gasteiger partial charge in [0.05, 0.1) is 18.7 Å². The molecule has 33 heavy (non-hydrogen) atoms. The Morgan fingerprint density at radius 1 is 1.27 bits per heavy atom. The largest absolute Gasteiger partial charge is 0.490 e. The summed E-state index contributed by atoms with van der Waals surface area (Å²) in [6.07, 6.45) is 3.17. The molecule has 0 unspecified atom stereocenters. The lowest BCUT2D eigenvalue weighted by atomic mass is 10.0. The number of fused-ring (bicyclic) bond motifs is 1. The molecule has 2 heterocycles. The van der Waals surface area contributed by atoms with Crippen LogP contribution in [0.4, 0.5) is 14.6 Å². The Labute approximate surface area is 190 Å². The molecule has 0 bridgehead atoms. The summed E-state index contributed by atoms with van der Waals surface area (Å²) in [7, 11) is 1.56. The number of benzene rings is 2. The van der Waals surface area contributed by atoms with Gasteiger partial charge in [0.2, 0.25) is 0 Å². The maximum atomic E-state index is 15.4. The van der Waals surface area contributed by atoms with Crippen molar-refractivity contribution in [1.82, 2.24) is 9.88 Å². The number of nitrogens with zero attached hydrogens (tertiary/aromatic N) is 4. The molecule has 8 heteroatoms. The zero-order valence-electron chi connectivity index (χ0n) is 18.1. The number of ether oxygens (including phenoxy) is 1. The summed E-state index contributed by atoms with van der Waals surface area (Å²) in [5, 5.41) is 0. The maximum absolute atomic E-state index is 15.4. The molecule has 166 valence electrons. The summed E-state index contributed by atoms with van der Waals surface area (Å²) >= 11 is 0. The highest BCUT2D eigenvalue weighted by molar-refractivity contribution is 5.96. The fourth-order valence-electron chi connectivity index (χ4n) is 3.79. The highest BCUT2D eigenvalue weighted by Crippen LogP contribution is 2.35. The number of hydrogen-bond donors (Lipinski definition) is 0. The maximum Gasteiger partial charge on any atom is 0.278 e. The summed E-state index contributed by atoms with van der Waals surface area (Å²) in [4.78, 5) is 26.3. The van der Waals surface area contributed by atoms with E-state index in [0.717, 1.165) is 11.1 Å². The lowest BCUT2D eigenvalue weighted by Gasteiger charge is -2.20. The van der Waals surface area contributed by atoms with Crippen molar-refractivity contribution >= 4 is 17.9 Å². The van der Waals surface area contributed by atoms with Gasteiger partial charge in [0, 0.05) is 36.5 Å². The Morgan fingerprint density at radius 2 is 2.09 bits per heavy atom. The number of hydrogen-bond acceptors (Lipinski definition) is 4. The van der Waals surface area contributed by atoms with Crippen LogP contribution in [0, 0.1) is 18.2 Å². The smallest absolute Gasteiger partial charge is 0.278 e. The van der Waals surface area contributed by atoms with Gasteiger partial charge in [-0.25, -0.2) is 8.78 Å². The molecule has 2 aromatic carbocycles. The molecule has 0 N–H and O–H groups in total. The molecule has 0 radical (unpaired) electrons. The van der Waals surface area contributed by atoms with E-state index in [1.165, 1.54) is 29.2 Å². The Hall–Kier alpha value is -4.12. The van der Waals surface area contributed by atoms with E-state index in [1.807, 2.05) is 0 Å². The number of aromatic nitrogens is 1. The molecule has 3 aromatic rings. The number of carbonyl (C=O) groups is 1. The summed E-state index contributed by atoms with van der Waals surface area (Å²) in [6, 6.07) is 8.70. The summed E-state index contributed by atoms with van der Waals surface area (Å²) < 4.78 is 34.7. The number of pyridine rings is 1. The van der Waals surface area contributed by atoms with Crippen LogP contribution in [0.25, 0.3) is 16.0 Å². The van der Waals surface area contributed by atoms with Gasteiger partial charge in [0.15, 0.2) is 11.6 Å². The van der Waals surface area contributed by atoms with E-state index in [-0.39, 0.29) is 30.3 Å². The van der Waals surface area contributed by atoms with Crippen molar-refractivity contribution in [3.05, 3.63) is 87.9 Å². The predicted molar refractivity (Wildman–Crippen MR) is 121 cm³/mol. The average Bonchev–Trinajstić information content (AvgIpc) is 3.31. The molecule has 0 fully saturated rings. The predicted octanol–water partition coefficient (Wildman–Crippen LogP) is 5.18. The van der Waals surface area contributed by atoms with Crippen molar-refractivity contribution in [2.75, 3.05) is 13.7 Å². The minimum absolute atomic E-state index is 0.0975. The normalized spacial score (nSPS) is 11.7. The average molecular weight is 446 g/mol. The highest BCUT2D eigenvalue weighted by Gasteiger charge is 2.25. The van der Waals surface area contributed by atoms with Crippen molar-refractivity contribution in [1.29, 1.82) is 0 Å². The molecule has 1 aliphatic rings. The van der Waals surface area contributed by atoms with Crippen molar-refractivity contribution < 1.29 is 18.3 Å². The van der Waals surface area contributed by atoms with Crippen LogP contribution in [0.15, 0.2) is 47.6 Å². The molecule has 1 amide bonds. The summed E-state index contributed by atoms with van der Waals surface area (Å²) in [6.45, 7) is 9.70. The number of rotatable bonds is 6. The molecule has 6 nitrogen and oxygen atoms in total. The van der Waals surface area contributed by atoms with E-state index in [4.69, 9.17) is 11.3 Å². The van der Waals surface area contributed by atoms with Crippen LogP contribution in [0.2, 0.25) is 0 Å². The lowest BCUT2D eigenvalue weighted by Crippen LogP contribution is -2.28. The number of halogens is 2. The van der Waals surface area contributed by atoms with Crippen LogP contribution in [0.1, 0.15) is 34.0 Å². The highest BCUT2D eigenvalue weighted by atomic mass is 19.1. The molecule has 0 spiro atoms. The minimum atomic E-state index is -0.800. The standard InChI is InChI=1S/C25H20F2N4O2/c1-4-33-23-18(15-6-5-7-17(26)10-15)8-9-19(22(23)27)25(32)31(3)14-16-11-30-24(28-2)21-13-29-12-20(16)21/h5-11,13H,4,12,14H2,1,3H3. The second kappa shape index (κ2) is 9.17. The molecule has 0 aliphatic carbocycles. The van der Waals surface area contributed by atoms with Gasteiger partial charge in [-0.3, -0.25) is 9.79 Å². The van der Waals surface area contributed by atoms with Crippen LogP contribution in [-0.2, 0) is 13.1 Å². The van der Waals surface area contributed by atoms with Crippen LogP contribution in [0.3, 0.4) is 0 Å². The van der Waals surface area contributed by atoms with Gasteiger partial charge in [0.25, 0.3) is 11.7 Å². The zero-order chi connectivity index (χ0) is 23.5. The second-order valence-corrected chi connectivity index (χ2v) is 7.49. The van der Waals surface area contributed by atoms with Crippen LogP contribution in [-0.4, -0.2) is 35.7 Å². The first kappa shape index (κ1) is 22.1. The fourth-order valence-corrected chi connectivity index (χ4v) is 3.79. The Kier molecular flexibility index (Phi) is 6.13. The van der Waals surface area contributed by atoms with Gasteiger partial charge in [-0.1, -0.05) is 18.7 Å². The first-order valence-corrected chi connectivity index (χ1v) is 10.3. The Morgan fingerprint density at radius 3 is 2.82 bits per heavy atom. The van der Waals surface area contributed by atoms with Crippen LogP contribution in [0.5, 0.6) is 5.75 Å². The first-order chi connectivity index (χ1) is 15.9. The van der Waals surface area contributed by atoms with E-state index in [0.29, 0.717) is 23.2 Å².